The summed E-state index contributed by atoms with van der Waals surface area (Å²) in [6, 6.07) is 13.4. The molecule has 0 N–H and O–H groups in total. The van der Waals surface area contributed by atoms with Gasteiger partial charge in [0.2, 0.25) is 0 Å². The second kappa shape index (κ2) is 9.08. The van der Waals surface area contributed by atoms with Crippen molar-refractivity contribution >= 4 is 5.91 Å². The fourth-order valence-electron chi connectivity index (χ4n) is 2.65. The van der Waals surface area contributed by atoms with E-state index in [-0.39, 0.29) is 5.91 Å². The van der Waals surface area contributed by atoms with Crippen molar-refractivity contribution in [1.29, 1.82) is 0 Å². The minimum Gasteiger partial charge on any atom is -0.496 e. The Labute approximate surface area is 149 Å². The molecule has 1 amide bonds. The molecule has 0 fully saturated rings. The molecule has 5 heteroatoms. The fourth-order valence-corrected chi connectivity index (χ4v) is 2.65. The maximum Gasteiger partial charge on any atom is 0.254 e. The Morgan fingerprint density at radius 2 is 1.60 bits per heavy atom. The molecule has 2 aromatic rings. The summed E-state index contributed by atoms with van der Waals surface area (Å²) >= 11 is 0. The van der Waals surface area contributed by atoms with Gasteiger partial charge in [0.05, 0.1) is 20.8 Å². The third-order valence-corrected chi connectivity index (χ3v) is 4.07. The molecule has 0 aliphatic rings. The van der Waals surface area contributed by atoms with Crippen LogP contribution in [0.1, 0.15) is 21.5 Å². The molecule has 0 aromatic heterocycles. The molecule has 5 nitrogen and oxygen atoms in total. The number of ether oxygens (including phenoxy) is 3. The number of hydrogen-bond donors (Lipinski definition) is 0. The molecule has 0 unspecified atom stereocenters. The Bertz CT molecular complexity index is 675. The maximum atomic E-state index is 13.1. The summed E-state index contributed by atoms with van der Waals surface area (Å²) in [6.07, 6.45) is 0. The van der Waals surface area contributed by atoms with Crippen LogP contribution < -0.4 is 9.47 Å². The summed E-state index contributed by atoms with van der Waals surface area (Å²) in [5.41, 5.74) is 2.47. The van der Waals surface area contributed by atoms with Crippen molar-refractivity contribution in [3.05, 3.63) is 59.2 Å². The van der Waals surface area contributed by atoms with Crippen molar-refractivity contribution in [2.24, 2.45) is 0 Å². The summed E-state index contributed by atoms with van der Waals surface area (Å²) in [6.45, 7) is 3.39. The van der Waals surface area contributed by atoms with Gasteiger partial charge in [-0.15, -0.1) is 0 Å². The summed E-state index contributed by atoms with van der Waals surface area (Å²) in [5, 5.41) is 0. The lowest BCUT2D eigenvalue weighted by Crippen LogP contribution is -2.33. The molecule has 2 rings (SSSR count). The quantitative estimate of drug-likeness (QED) is 0.738. The zero-order valence-electron chi connectivity index (χ0n) is 15.2. The molecule has 0 saturated carbocycles. The van der Waals surface area contributed by atoms with E-state index < -0.39 is 0 Å². The molecule has 0 radical (unpaired) electrons. The summed E-state index contributed by atoms with van der Waals surface area (Å²) < 4.78 is 15.9. The van der Waals surface area contributed by atoms with E-state index in [1.807, 2.05) is 37.3 Å². The lowest BCUT2D eigenvalue weighted by molar-refractivity contribution is 0.0679. The third kappa shape index (κ3) is 4.73. The normalized spacial score (nSPS) is 10.4. The summed E-state index contributed by atoms with van der Waals surface area (Å²) in [5.74, 6) is 1.18. The number of benzene rings is 2. The number of nitrogens with zero attached hydrogens (tertiary/aromatic N) is 1. The first-order valence-electron chi connectivity index (χ1n) is 8.15. The highest BCUT2D eigenvalue weighted by atomic mass is 16.5. The smallest absolute Gasteiger partial charge is 0.254 e. The third-order valence-electron chi connectivity index (χ3n) is 4.07. The van der Waals surface area contributed by atoms with Crippen LogP contribution in [0.3, 0.4) is 0 Å². The monoisotopic (exact) mass is 343 g/mol. The van der Waals surface area contributed by atoms with Gasteiger partial charge in [-0.1, -0.05) is 30.3 Å². The first-order valence-corrected chi connectivity index (χ1v) is 8.15. The second-order valence-corrected chi connectivity index (χ2v) is 5.71. The minimum absolute atomic E-state index is 0.0856. The Morgan fingerprint density at radius 3 is 2.12 bits per heavy atom. The van der Waals surface area contributed by atoms with Gasteiger partial charge in [-0.25, -0.2) is 0 Å². The van der Waals surface area contributed by atoms with Gasteiger partial charge in [0.25, 0.3) is 5.91 Å². The van der Waals surface area contributed by atoms with Gasteiger partial charge in [0, 0.05) is 31.3 Å². The van der Waals surface area contributed by atoms with Crippen LogP contribution in [0.25, 0.3) is 0 Å². The lowest BCUT2D eigenvalue weighted by Gasteiger charge is -2.23. The SMILES string of the molecule is COCCN(Cc1ccccc1)C(=O)c1cc(OC)c(C)c(OC)c1. The molecule has 0 aliphatic carbocycles. The zero-order valence-corrected chi connectivity index (χ0v) is 15.2. The largest absolute Gasteiger partial charge is 0.496 e. The van der Waals surface area contributed by atoms with E-state index in [4.69, 9.17) is 14.2 Å². The maximum absolute atomic E-state index is 13.1. The van der Waals surface area contributed by atoms with Crippen molar-refractivity contribution in [3.8, 4) is 11.5 Å². The predicted molar refractivity (Wildman–Crippen MR) is 97.3 cm³/mol. The van der Waals surface area contributed by atoms with Crippen molar-refractivity contribution in [3.63, 3.8) is 0 Å². The Kier molecular flexibility index (Phi) is 6.83. The molecule has 25 heavy (non-hydrogen) atoms. The molecule has 0 bridgehead atoms. The molecule has 0 heterocycles. The van der Waals surface area contributed by atoms with E-state index >= 15 is 0 Å². The van der Waals surface area contributed by atoms with E-state index in [9.17, 15) is 4.79 Å². The van der Waals surface area contributed by atoms with Crippen LogP contribution >= 0.6 is 0 Å². The first kappa shape index (κ1) is 18.8. The van der Waals surface area contributed by atoms with E-state index in [1.165, 1.54) is 0 Å². The zero-order chi connectivity index (χ0) is 18.2. The predicted octanol–water partition coefficient (Wildman–Crippen LogP) is 3.30. The van der Waals surface area contributed by atoms with Crippen LogP contribution in [0.5, 0.6) is 11.5 Å². The Morgan fingerprint density at radius 1 is 1.00 bits per heavy atom. The summed E-state index contributed by atoms with van der Waals surface area (Å²) in [4.78, 5) is 14.8. The van der Waals surface area contributed by atoms with Crippen LogP contribution in [-0.4, -0.2) is 45.3 Å². The highest BCUT2D eigenvalue weighted by Gasteiger charge is 2.19. The van der Waals surface area contributed by atoms with Gasteiger partial charge in [-0.2, -0.15) is 0 Å². The van der Waals surface area contributed by atoms with Gasteiger partial charge >= 0.3 is 0 Å². The van der Waals surface area contributed by atoms with Crippen LogP contribution in [0.2, 0.25) is 0 Å². The molecular formula is C20H25NO4. The highest BCUT2D eigenvalue weighted by molar-refractivity contribution is 5.95. The fraction of sp³-hybridized carbons (Fsp3) is 0.350. The molecule has 2 aromatic carbocycles. The number of hydrogen-bond acceptors (Lipinski definition) is 4. The van der Waals surface area contributed by atoms with Crippen molar-refractivity contribution in [1.82, 2.24) is 4.90 Å². The number of rotatable bonds is 8. The molecule has 0 spiro atoms. The van der Waals surface area contributed by atoms with E-state index in [0.717, 1.165) is 11.1 Å². The Hall–Kier alpha value is -2.53. The lowest BCUT2D eigenvalue weighted by atomic mass is 10.1. The van der Waals surface area contributed by atoms with Gasteiger partial charge in [-0.05, 0) is 24.6 Å². The Balaban J connectivity index is 2.32. The van der Waals surface area contributed by atoms with Gasteiger partial charge < -0.3 is 19.1 Å². The van der Waals surface area contributed by atoms with E-state index in [1.54, 1.807) is 38.4 Å². The molecule has 134 valence electrons. The van der Waals surface area contributed by atoms with Crippen LogP contribution in [0.15, 0.2) is 42.5 Å². The average molecular weight is 343 g/mol. The summed E-state index contributed by atoms with van der Waals surface area (Å²) in [7, 11) is 4.80. The molecule has 0 saturated heterocycles. The average Bonchev–Trinajstić information content (AvgIpc) is 2.65. The van der Waals surface area contributed by atoms with Crippen molar-refractivity contribution < 1.29 is 19.0 Å². The van der Waals surface area contributed by atoms with Crippen molar-refractivity contribution in [2.75, 3.05) is 34.5 Å². The number of carbonyl (C=O) groups excluding carboxylic acids is 1. The van der Waals surface area contributed by atoms with Gasteiger partial charge in [0.15, 0.2) is 0 Å². The molecule has 0 aliphatic heterocycles. The molecular weight excluding hydrogens is 318 g/mol. The standard InChI is InChI=1S/C20H25NO4/c1-15-18(24-3)12-17(13-19(15)25-4)20(22)21(10-11-23-2)14-16-8-6-5-7-9-16/h5-9,12-13H,10-11,14H2,1-4H3. The van der Waals surface area contributed by atoms with Crippen LogP contribution in [0, 0.1) is 6.92 Å². The van der Waals surface area contributed by atoms with Crippen molar-refractivity contribution in [2.45, 2.75) is 13.5 Å². The molecule has 0 atom stereocenters. The highest BCUT2D eigenvalue weighted by Crippen LogP contribution is 2.30. The van der Waals surface area contributed by atoms with Crippen LogP contribution in [-0.2, 0) is 11.3 Å². The van der Waals surface area contributed by atoms with Crippen LogP contribution in [0.4, 0.5) is 0 Å². The van der Waals surface area contributed by atoms with E-state index in [2.05, 4.69) is 0 Å². The minimum atomic E-state index is -0.0856. The van der Waals surface area contributed by atoms with E-state index in [0.29, 0.717) is 36.8 Å². The topological polar surface area (TPSA) is 48.0 Å². The van der Waals surface area contributed by atoms with Gasteiger partial charge in [0.1, 0.15) is 11.5 Å². The van der Waals surface area contributed by atoms with Gasteiger partial charge in [-0.3, -0.25) is 4.79 Å². The first-order chi connectivity index (χ1) is 12.1. The number of amides is 1. The number of carbonyl (C=O) groups is 1. The number of methoxy groups -OCH3 is 3. The second-order valence-electron chi connectivity index (χ2n) is 5.71.